The summed E-state index contributed by atoms with van der Waals surface area (Å²) in [6, 6.07) is 16.3. The number of allylic oxidation sites excluding steroid dienone is 4. The molecule has 0 saturated heterocycles. The first-order valence-electron chi connectivity index (χ1n) is 19.2. The van der Waals surface area contributed by atoms with Crippen molar-refractivity contribution in [1.82, 2.24) is 10.8 Å². The van der Waals surface area contributed by atoms with Crippen LogP contribution in [0.1, 0.15) is 137 Å². The molecule has 298 valence electrons. The lowest BCUT2D eigenvalue weighted by molar-refractivity contribution is -0.135. The lowest BCUT2D eigenvalue weighted by atomic mass is 9.91. The Bertz CT molecular complexity index is 1340. The van der Waals surface area contributed by atoms with Crippen LogP contribution < -0.4 is 15.5 Å². The third-order valence-electron chi connectivity index (χ3n) is 7.99. The summed E-state index contributed by atoms with van der Waals surface area (Å²) in [6.07, 6.45) is 13.7. The average Bonchev–Trinajstić information content (AvgIpc) is 3.13. The van der Waals surface area contributed by atoms with Crippen LogP contribution in [-0.2, 0) is 25.7 Å². The second-order valence-electron chi connectivity index (χ2n) is 14.5. The first-order chi connectivity index (χ1) is 25.1. The molecule has 9 heteroatoms. The Kier molecular flexibility index (Phi) is 26.0. The van der Waals surface area contributed by atoms with Crippen molar-refractivity contribution in [3.8, 4) is 5.75 Å². The van der Waals surface area contributed by atoms with Gasteiger partial charge in [-0.2, -0.15) is 5.48 Å². The second kappa shape index (κ2) is 27.9. The monoisotopic (exact) mass is 739 g/mol. The van der Waals surface area contributed by atoms with Gasteiger partial charge in [-0.05, 0) is 77.6 Å². The smallest absolute Gasteiger partial charge is 0.242 e. The van der Waals surface area contributed by atoms with Gasteiger partial charge in [0, 0.05) is 12.8 Å². The van der Waals surface area contributed by atoms with Crippen molar-refractivity contribution in [2.24, 2.45) is 0 Å². The van der Waals surface area contributed by atoms with Crippen molar-refractivity contribution in [3.63, 3.8) is 0 Å². The minimum absolute atomic E-state index is 0.00783. The van der Waals surface area contributed by atoms with Gasteiger partial charge in [0.05, 0.1) is 31.8 Å². The molecule has 1 amide bonds. The summed E-state index contributed by atoms with van der Waals surface area (Å²) >= 11 is 0. The van der Waals surface area contributed by atoms with Gasteiger partial charge in [0.15, 0.2) is 5.78 Å². The van der Waals surface area contributed by atoms with Gasteiger partial charge in [0.1, 0.15) is 23.1 Å². The lowest BCUT2D eigenvalue weighted by Gasteiger charge is -2.25. The molecule has 0 aliphatic rings. The van der Waals surface area contributed by atoms with Crippen LogP contribution in [-0.4, -0.2) is 58.7 Å². The molecule has 0 saturated carbocycles. The van der Waals surface area contributed by atoms with E-state index < -0.39 is 23.1 Å². The van der Waals surface area contributed by atoms with Crippen molar-refractivity contribution in [3.05, 3.63) is 89.5 Å². The largest absolute Gasteiger partial charge is 0.497 e. The summed E-state index contributed by atoms with van der Waals surface area (Å²) in [6.45, 7) is 16.7. The number of amides is 1. The molecule has 9 nitrogen and oxygen atoms in total. The Morgan fingerprint density at radius 2 is 1.42 bits per heavy atom. The van der Waals surface area contributed by atoms with Crippen LogP contribution >= 0.6 is 0 Å². The van der Waals surface area contributed by atoms with Crippen LogP contribution in [0.15, 0.2) is 78.4 Å². The first-order valence-corrected chi connectivity index (χ1v) is 19.2. The number of Topliss-reactive ketones (excluding diaryl/α,β-unsaturated/α-hetero) is 2. The number of benzene rings is 2. The molecule has 0 radical (unpaired) electrons. The van der Waals surface area contributed by atoms with Crippen molar-refractivity contribution in [1.29, 1.82) is 0 Å². The minimum Gasteiger partial charge on any atom is -0.497 e. The Morgan fingerprint density at radius 1 is 0.830 bits per heavy atom. The van der Waals surface area contributed by atoms with E-state index in [0.717, 1.165) is 41.7 Å². The number of hydrogen-bond donors (Lipinski definition) is 4. The molecule has 2 rings (SSSR count). The van der Waals surface area contributed by atoms with E-state index in [-0.39, 0.29) is 30.5 Å². The van der Waals surface area contributed by atoms with Crippen molar-refractivity contribution in [2.45, 2.75) is 150 Å². The summed E-state index contributed by atoms with van der Waals surface area (Å²) < 4.78 is 11.1. The predicted octanol–water partition coefficient (Wildman–Crippen LogP) is 9.21. The van der Waals surface area contributed by atoms with Crippen LogP contribution in [0.25, 0.3) is 0 Å². The van der Waals surface area contributed by atoms with Gasteiger partial charge in [0.25, 0.3) is 0 Å². The van der Waals surface area contributed by atoms with E-state index in [0.29, 0.717) is 19.4 Å². The van der Waals surface area contributed by atoms with E-state index in [4.69, 9.17) is 14.6 Å². The average molecular weight is 739 g/mol. The van der Waals surface area contributed by atoms with Gasteiger partial charge in [-0.25, -0.2) is 0 Å². The molecule has 53 heavy (non-hydrogen) atoms. The van der Waals surface area contributed by atoms with Gasteiger partial charge in [-0.3, -0.25) is 14.4 Å². The number of nitrogens with one attached hydrogen (secondary N) is 2. The summed E-state index contributed by atoms with van der Waals surface area (Å²) in [4.78, 5) is 39.3. The Hall–Kier alpha value is -3.63. The van der Waals surface area contributed by atoms with E-state index in [2.05, 4.69) is 12.2 Å². The predicted molar refractivity (Wildman–Crippen MR) is 216 cm³/mol. The fraction of sp³-hybridized carbons (Fsp3) is 0.568. The summed E-state index contributed by atoms with van der Waals surface area (Å²) in [7, 11) is 1.62. The van der Waals surface area contributed by atoms with E-state index in [9.17, 15) is 19.6 Å². The van der Waals surface area contributed by atoms with Crippen LogP contribution in [0.3, 0.4) is 0 Å². The molecule has 0 fully saturated rings. The fourth-order valence-electron chi connectivity index (χ4n) is 4.83. The highest BCUT2D eigenvalue weighted by molar-refractivity contribution is 5.92. The normalized spacial score (nSPS) is 12.9. The molecule has 2 aromatic rings. The molecule has 0 aromatic heterocycles. The number of hydrogen-bond acceptors (Lipinski definition) is 8. The number of ketones is 2. The summed E-state index contributed by atoms with van der Waals surface area (Å²) in [5.41, 5.74) is 3.06. The number of carbonyl (C=O) groups excluding carboxylic acids is 3. The molecule has 0 bridgehead atoms. The SMILES string of the molecule is CC.CC(C)(C)O.CCCCCCCCC(=O)C(C=C/C=C(\C)CCC(=O)[C@@H](COCc1ccccc1)NC(=O)C(C)(C)NO)c1ccc(OC)cc1. The Labute approximate surface area is 320 Å². The van der Waals surface area contributed by atoms with E-state index in [1.807, 2.05) is 99.1 Å². The Morgan fingerprint density at radius 3 is 1.98 bits per heavy atom. The van der Waals surface area contributed by atoms with Crippen molar-refractivity contribution in [2.75, 3.05) is 13.7 Å². The first kappa shape index (κ1) is 49.4. The maximum atomic E-state index is 13.3. The maximum Gasteiger partial charge on any atom is 0.242 e. The van der Waals surface area contributed by atoms with Crippen molar-refractivity contribution >= 4 is 17.5 Å². The number of hydroxylamine groups is 1. The number of ether oxygens (including phenoxy) is 2. The summed E-state index contributed by atoms with van der Waals surface area (Å²) in [5, 5.41) is 20.6. The van der Waals surface area contributed by atoms with Crippen LogP contribution in [0.2, 0.25) is 0 Å². The Balaban J connectivity index is 0.00000354. The molecule has 1 unspecified atom stereocenters. The molecule has 0 heterocycles. The molecular weight excluding hydrogens is 668 g/mol. The van der Waals surface area contributed by atoms with Crippen LogP contribution in [0.5, 0.6) is 5.75 Å². The zero-order valence-corrected chi connectivity index (χ0v) is 34.3. The second-order valence-corrected chi connectivity index (χ2v) is 14.5. The third-order valence-corrected chi connectivity index (χ3v) is 7.99. The lowest BCUT2D eigenvalue weighted by Crippen LogP contribution is -2.56. The van der Waals surface area contributed by atoms with Crippen molar-refractivity contribution < 1.29 is 34.2 Å². The highest BCUT2D eigenvalue weighted by Crippen LogP contribution is 2.24. The zero-order chi connectivity index (χ0) is 40.3. The molecular formula is C44H70N2O7. The number of unbranched alkanes of at least 4 members (excludes halogenated alkanes) is 5. The molecule has 2 aromatic carbocycles. The number of methoxy groups -OCH3 is 1. The van der Waals surface area contributed by atoms with E-state index >= 15 is 0 Å². The number of carbonyl (C=O) groups is 3. The maximum absolute atomic E-state index is 13.3. The molecule has 0 aliphatic heterocycles. The third kappa shape index (κ3) is 23.6. The van der Waals surface area contributed by atoms with E-state index in [1.165, 1.54) is 33.1 Å². The van der Waals surface area contributed by atoms with Gasteiger partial charge in [0.2, 0.25) is 5.91 Å². The zero-order valence-electron chi connectivity index (χ0n) is 34.3. The highest BCUT2D eigenvalue weighted by atomic mass is 16.5. The molecule has 0 aliphatic carbocycles. The topological polar surface area (TPSA) is 134 Å². The van der Waals surface area contributed by atoms with Gasteiger partial charge >= 0.3 is 0 Å². The highest BCUT2D eigenvalue weighted by Gasteiger charge is 2.31. The van der Waals surface area contributed by atoms with Crippen LogP contribution in [0, 0.1) is 0 Å². The quantitative estimate of drug-likeness (QED) is 0.0504. The van der Waals surface area contributed by atoms with Crippen LogP contribution in [0.4, 0.5) is 0 Å². The van der Waals surface area contributed by atoms with Gasteiger partial charge in [-0.15, -0.1) is 0 Å². The van der Waals surface area contributed by atoms with Gasteiger partial charge < -0.3 is 25.1 Å². The van der Waals surface area contributed by atoms with Gasteiger partial charge in [-0.1, -0.05) is 119 Å². The minimum atomic E-state index is -1.27. The number of aliphatic hydroxyl groups is 1. The summed E-state index contributed by atoms with van der Waals surface area (Å²) in [5.74, 6) is -0.116. The molecule has 4 N–H and O–H groups in total. The molecule has 0 spiro atoms. The molecule has 2 atom stereocenters. The fourth-order valence-corrected chi connectivity index (χ4v) is 4.83. The standard InChI is InChI=1S/C38H54N2O6.C4H10O.C2H6/c1-6-7-8-9-10-14-20-35(41)33(31-22-24-32(45-5)25-23-31)19-15-16-29(2)21-26-36(42)34(39-37(43)38(3,4)40-44)28-46-27-30-17-12-11-13-18-30;1-4(2,3)5;1-2/h11-13,15-19,22-25,33-34,40,44H,6-10,14,20-21,26-28H2,1-5H3,(H,39,43);5H,1-3H3;1-2H3/b19-15?,29-16+;;/t33?,34-;;/m1../s1. The number of rotatable bonds is 23. The van der Waals surface area contributed by atoms with E-state index in [1.54, 1.807) is 27.9 Å².